The third-order valence-electron chi connectivity index (χ3n) is 15.1. The zero-order valence-corrected chi connectivity index (χ0v) is 44.5. The van der Waals surface area contributed by atoms with Gasteiger partial charge in [-0.2, -0.15) is 0 Å². The number of nitrogens with one attached hydrogen (secondary N) is 5. The maximum Gasteiger partial charge on any atom is 0.343 e. The van der Waals surface area contributed by atoms with Crippen LogP contribution in [0.25, 0.3) is 22.3 Å². The number of hydrogen-bond acceptors (Lipinski definition) is 14. The summed E-state index contributed by atoms with van der Waals surface area (Å²) in [6.45, 7) is 4.21. The van der Waals surface area contributed by atoms with Gasteiger partial charge in [-0.15, -0.1) is 0 Å². The van der Waals surface area contributed by atoms with Crippen molar-refractivity contribution in [2.45, 2.75) is 95.9 Å². The predicted octanol–water partition coefficient (Wildman–Crippen LogP) is 2.37. The zero-order chi connectivity index (χ0) is 56.9. The molecule has 21 nitrogen and oxygen atoms in total. The van der Waals surface area contributed by atoms with Crippen LogP contribution in [0.4, 0.5) is 10.1 Å². The van der Waals surface area contributed by atoms with E-state index in [1.165, 1.54) is 18.2 Å². The fourth-order valence-corrected chi connectivity index (χ4v) is 10.7. The Labute approximate surface area is 458 Å². The molecule has 5 heterocycles. The van der Waals surface area contributed by atoms with Crippen molar-refractivity contribution in [3.63, 3.8) is 0 Å². The monoisotopic (exact) mass is 1100 g/mol. The van der Waals surface area contributed by atoms with Gasteiger partial charge in [0.2, 0.25) is 29.5 Å². The fourth-order valence-electron chi connectivity index (χ4n) is 10.7. The van der Waals surface area contributed by atoms with E-state index in [9.17, 15) is 48.3 Å². The Kier molecular flexibility index (Phi) is 16.8. The molecule has 1 aliphatic carbocycles. The largest absolute Gasteiger partial charge is 0.458 e. The lowest BCUT2D eigenvalue weighted by molar-refractivity contribution is -0.172. The normalized spacial score (nSPS) is 18.0. The molecule has 0 radical (unpaired) electrons. The number of benzene rings is 3. The number of fused-ring (bicyclic) bond motifs is 5. The van der Waals surface area contributed by atoms with Crippen LogP contribution in [0.15, 0.2) is 83.7 Å². The minimum atomic E-state index is -2.01. The highest BCUT2D eigenvalue weighted by molar-refractivity contribution is 6.28. The molecule has 418 valence electrons. The Balaban J connectivity index is 0.716. The van der Waals surface area contributed by atoms with E-state index < -0.39 is 82.9 Å². The number of aryl methyl sites for hydroxylation is 2. The molecule has 3 aromatic carbocycles. The summed E-state index contributed by atoms with van der Waals surface area (Å²) in [5.41, 5.74) is 3.69. The number of cyclic esters (lactones) is 1. The number of esters is 1. The molecule has 0 fully saturated rings. The summed E-state index contributed by atoms with van der Waals surface area (Å²) in [7, 11) is 0. The molecule has 0 bridgehead atoms. The number of carbonyl (C=O) groups is 8. The molecular formula is C58H61FN8O13. The molecule has 4 aliphatic rings. The van der Waals surface area contributed by atoms with Crippen LogP contribution in [-0.4, -0.2) is 114 Å². The number of hydrogen-bond donors (Lipinski definition) is 6. The van der Waals surface area contributed by atoms with Crippen LogP contribution in [0.1, 0.15) is 84.0 Å². The molecule has 3 aliphatic heterocycles. The van der Waals surface area contributed by atoms with Crippen molar-refractivity contribution >= 4 is 63.9 Å². The van der Waals surface area contributed by atoms with Gasteiger partial charge >= 0.3 is 5.97 Å². The number of halogens is 1. The van der Waals surface area contributed by atoms with Gasteiger partial charge in [0.15, 0.2) is 5.60 Å². The summed E-state index contributed by atoms with van der Waals surface area (Å²) in [5, 5.41) is 24.9. The molecule has 3 atom stereocenters. The average molecular weight is 1100 g/mol. The predicted molar refractivity (Wildman–Crippen MR) is 287 cm³/mol. The lowest BCUT2D eigenvalue weighted by Gasteiger charge is -2.37. The number of imide groups is 1. The quantitative estimate of drug-likeness (QED) is 0.0233. The van der Waals surface area contributed by atoms with E-state index in [1.54, 1.807) is 79.1 Å². The summed E-state index contributed by atoms with van der Waals surface area (Å²) >= 11 is 0. The van der Waals surface area contributed by atoms with Crippen molar-refractivity contribution in [2.24, 2.45) is 0 Å². The summed E-state index contributed by atoms with van der Waals surface area (Å²) in [6, 6.07) is 17.6. The Morgan fingerprint density at radius 2 is 1.51 bits per heavy atom. The second kappa shape index (κ2) is 23.9. The molecule has 80 heavy (non-hydrogen) atoms. The van der Waals surface area contributed by atoms with E-state index >= 15 is 4.39 Å². The second-order valence-electron chi connectivity index (χ2n) is 20.5. The maximum atomic E-state index is 15.5. The molecule has 2 aromatic heterocycles. The Hall–Kier alpha value is -8.47. The van der Waals surface area contributed by atoms with Crippen molar-refractivity contribution in [3.05, 3.63) is 140 Å². The van der Waals surface area contributed by atoms with Gasteiger partial charge in [-0.1, -0.05) is 56.3 Å². The van der Waals surface area contributed by atoms with E-state index in [4.69, 9.17) is 19.2 Å². The van der Waals surface area contributed by atoms with Gasteiger partial charge in [-0.3, -0.25) is 38.4 Å². The number of aromatic nitrogens is 2. The van der Waals surface area contributed by atoms with Crippen LogP contribution in [-0.2, 0) is 96.0 Å². The number of ether oxygens (including phenoxy) is 3. The molecular weight excluding hydrogens is 1040 g/mol. The lowest BCUT2D eigenvalue weighted by atomic mass is 9.69. The SMILES string of the molecule is CC[C@@]1(O)C(=O)OCc2c1cc1n(c2=O)Cc2c-1nc1cc(F)c(C)c3c1c2[C@@](C)(COCCOCNC(=O)CNC(=O)[C@H](Cc1ccccc1)NC(=O)CNC(=O)CNC(=O)CCCc1ccc(N2C(=O)C=CC2=O)cc1)CC3. The van der Waals surface area contributed by atoms with Gasteiger partial charge < -0.3 is 50.5 Å². The second-order valence-corrected chi connectivity index (χ2v) is 20.5. The first-order chi connectivity index (χ1) is 38.4. The van der Waals surface area contributed by atoms with Gasteiger partial charge in [0.1, 0.15) is 25.2 Å². The van der Waals surface area contributed by atoms with E-state index in [2.05, 4.69) is 33.5 Å². The lowest BCUT2D eigenvalue weighted by Crippen LogP contribution is -2.52. The summed E-state index contributed by atoms with van der Waals surface area (Å²) < 4.78 is 34.1. The molecule has 0 saturated carbocycles. The van der Waals surface area contributed by atoms with Gasteiger partial charge in [-0.05, 0) is 85.0 Å². The summed E-state index contributed by atoms with van der Waals surface area (Å²) in [5.74, 6) is -4.99. The van der Waals surface area contributed by atoms with Crippen molar-refractivity contribution in [1.29, 1.82) is 0 Å². The topological polar surface area (TPSA) is 283 Å². The van der Waals surface area contributed by atoms with E-state index in [0.29, 0.717) is 53.8 Å². The van der Waals surface area contributed by atoms with Crippen LogP contribution in [0.3, 0.4) is 0 Å². The first-order valence-corrected chi connectivity index (χ1v) is 26.4. The number of rotatable bonds is 23. The molecule has 9 rings (SSSR count). The Bertz CT molecular complexity index is 3400. The van der Waals surface area contributed by atoms with Crippen molar-refractivity contribution in [1.82, 2.24) is 36.1 Å². The van der Waals surface area contributed by atoms with Crippen molar-refractivity contribution < 1.29 is 62.1 Å². The molecule has 6 N–H and O–H groups in total. The van der Waals surface area contributed by atoms with Crippen LogP contribution in [0, 0.1) is 12.7 Å². The van der Waals surface area contributed by atoms with Crippen LogP contribution in [0.2, 0.25) is 0 Å². The summed E-state index contributed by atoms with van der Waals surface area (Å²) in [4.78, 5) is 121. The van der Waals surface area contributed by atoms with Crippen LogP contribution >= 0.6 is 0 Å². The molecule has 0 spiro atoms. The average Bonchev–Trinajstić information content (AvgIpc) is 4.20. The number of nitrogens with zero attached hydrogens (tertiary/aromatic N) is 3. The zero-order valence-electron chi connectivity index (χ0n) is 44.5. The first-order valence-electron chi connectivity index (χ1n) is 26.4. The Morgan fingerprint density at radius 3 is 2.25 bits per heavy atom. The highest BCUT2D eigenvalue weighted by Gasteiger charge is 2.47. The minimum Gasteiger partial charge on any atom is -0.458 e. The van der Waals surface area contributed by atoms with E-state index in [1.807, 2.05) is 0 Å². The van der Waals surface area contributed by atoms with E-state index in [-0.39, 0.29) is 82.5 Å². The molecule has 22 heteroatoms. The highest BCUT2D eigenvalue weighted by Crippen LogP contribution is 2.49. The van der Waals surface area contributed by atoms with Crippen LogP contribution in [0.5, 0.6) is 0 Å². The standard InChI is InChI=1S/C58H61FN8O13/c1-4-58(77)40-24-44-53-38(29-66(44)55(75)39(40)30-80-56(58)76)52-51-37(33(2)41(59)25-42(51)65-53)19-20-57(52,3)31-78-21-22-79-32-63-47(70)27-62-54(74)43(23-35-9-6-5-7-10-35)64-48(71)28-61-46(69)26-60-45(68)12-8-11-34-13-15-36(16-14-34)67-49(72)17-18-50(67)73/h5-7,9-10,13-18,24-25,43,77H,4,8,11-12,19-23,26-32H2,1-3H3,(H,60,68)(H,61,69)(H,62,74)(H,63,70)(H,64,71)/t43-,57+,58-/m0/s1. The number of carbonyl (C=O) groups excluding carboxylic acids is 8. The van der Waals surface area contributed by atoms with Gasteiger partial charge in [0.05, 0.1) is 74.2 Å². The Morgan fingerprint density at radius 1 is 0.825 bits per heavy atom. The number of anilines is 1. The smallest absolute Gasteiger partial charge is 0.343 e. The van der Waals surface area contributed by atoms with Crippen LogP contribution < -0.4 is 37.0 Å². The first kappa shape index (κ1) is 56.3. The number of aliphatic hydroxyl groups is 1. The molecule has 5 aromatic rings. The number of amides is 7. The van der Waals surface area contributed by atoms with Gasteiger partial charge in [-0.25, -0.2) is 19.1 Å². The third kappa shape index (κ3) is 11.8. The highest BCUT2D eigenvalue weighted by atomic mass is 19.1. The molecule has 7 amide bonds. The summed E-state index contributed by atoms with van der Waals surface area (Å²) in [6.07, 6.45) is 4.71. The minimum absolute atomic E-state index is 0.0131. The fraction of sp³-hybridized carbons (Fsp3) is 0.379. The van der Waals surface area contributed by atoms with Gasteiger partial charge in [0.25, 0.3) is 17.4 Å². The van der Waals surface area contributed by atoms with Crippen molar-refractivity contribution in [3.8, 4) is 11.4 Å². The molecule has 0 unspecified atom stereocenters. The van der Waals surface area contributed by atoms with Crippen molar-refractivity contribution in [2.75, 3.05) is 51.1 Å². The van der Waals surface area contributed by atoms with Gasteiger partial charge in [0, 0.05) is 53.0 Å². The van der Waals surface area contributed by atoms with E-state index in [0.717, 1.165) is 38.1 Å². The maximum absolute atomic E-state index is 15.5. The molecule has 0 saturated heterocycles. The third-order valence-corrected chi connectivity index (χ3v) is 15.1. The number of pyridine rings is 2.